The van der Waals surface area contributed by atoms with E-state index in [0.29, 0.717) is 28.2 Å². The summed E-state index contributed by atoms with van der Waals surface area (Å²) in [5, 5.41) is 10.2. The quantitative estimate of drug-likeness (QED) is 0.467. The average Bonchev–Trinajstić information content (AvgIpc) is 3.30. The predicted octanol–water partition coefficient (Wildman–Crippen LogP) is 3.79. The van der Waals surface area contributed by atoms with Gasteiger partial charge in [-0.2, -0.15) is 0 Å². The van der Waals surface area contributed by atoms with Gasteiger partial charge in [-0.3, -0.25) is 4.79 Å². The Morgan fingerprint density at radius 1 is 1.25 bits per heavy atom. The number of benzene rings is 1. The van der Waals surface area contributed by atoms with Gasteiger partial charge in [-0.1, -0.05) is 17.8 Å². The Kier molecular flexibility index (Phi) is 5.17. The first-order chi connectivity index (χ1) is 11.7. The Hall–Kier alpha value is -2.32. The van der Waals surface area contributed by atoms with Gasteiger partial charge in [-0.15, -0.1) is 21.5 Å². The first kappa shape index (κ1) is 16.5. The SMILES string of the molecule is COc1ccc(C(=O)CSc2nnc(-c3cccs3)o2)c(OC)c1. The van der Waals surface area contributed by atoms with E-state index in [1.54, 1.807) is 25.3 Å². The van der Waals surface area contributed by atoms with Gasteiger partial charge in [0.2, 0.25) is 0 Å². The molecular weight excluding hydrogens is 348 g/mol. The van der Waals surface area contributed by atoms with Gasteiger partial charge in [-0.25, -0.2) is 0 Å². The fourth-order valence-corrected chi connectivity index (χ4v) is 3.29. The number of ether oxygens (including phenoxy) is 2. The summed E-state index contributed by atoms with van der Waals surface area (Å²) in [6, 6.07) is 8.91. The molecule has 0 fully saturated rings. The molecule has 0 aliphatic heterocycles. The van der Waals surface area contributed by atoms with Crippen LogP contribution in [0.1, 0.15) is 10.4 Å². The molecule has 124 valence electrons. The molecule has 0 aliphatic carbocycles. The van der Waals surface area contributed by atoms with Crippen molar-refractivity contribution in [1.82, 2.24) is 10.2 Å². The highest BCUT2D eigenvalue weighted by Gasteiger charge is 2.16. The zero-order valence-electron chi connectivity index (χ0n) is 13.0. The lowest BCUT2D eigenvalue weighted by molar-refractivity contribution is 0.101. The standard InChI is InChI=1S/C16H14N2O4S2/c1-20-10-5-6-11(13(8-10)21-2)12(19)9-24-16-18-17-15(22-16)14-4-3-7-23-14/h3-8H,9H2,1-2H3. The molecule has 2 aromatic heterocycles. The number of methoxy groups -OCH3 is 2. The molecule has 2 heterocycles. The van der Waals surface area contributed by atoms with Crippen molar-refractivity contribution in [3.63, 3.8) is 0 Å². The molecule has 0 bridgehead atoms. The van der Waals surface area contributed by atoms with Gasteiger partial charge >= 0.3 is 0 Å². The molecule has 0 saturated carbocycles. The highest BCUT2D eigenvalue weighted by atomic mass is 32.2. The van der Waals surface area contributed by atoms with Gasteiger partial charge in [0.25, 0.3) is 11.1 Å². The maximum Gasteiger partial charge on any atom is 0.277 e. The van der Waals surface area contributed by atoms with E-state index in [0.717, 1.165) is 4.88 Å². The molecule has 3 aromatic rings. The van der Waals surface area contributed by atoms with E-state index < -0.39 is 0 Å². The number of Topliss-reactive ketones (excluding diaryl/α,β-unsaturated/α-hetero) is 1. The van der Waals surface area contributed by atoms with Crippen LogP contribution in [0.3, 0.4) is 0 Å². The van der Waals surface area contributed by atoms with Gasteiger partial charge in [0, 0.05) is 6.07 Å². The molecule has 6 nitrogen and oxygen atoms in total. The Morgan fingerprint density at radius 2 is 2.12 bits per heavy atom. The number of nitrogens with zero attached hydrogens (tertiary/aromatic N) is 2. The molecule has 0 unspecified atom stereocenters. The summed E-state index contributed by atoms with van der Waals surface area (Å²) in [5.74, 6) is 1.66. The fourth-order valence-electron chi connectivity index (χ4n) is 2.00. The van der Waals surface area contributed by atoms with Gasteiger partial charge in [0.05, 0.1) is 30.4 Å². The van der Waals surface area contributed by atoms with Crippen molar-refractivity contribution in [2.24, 2.45) is 0 Å². The van der Waals surface area contributed by atoms with Crippen molar-refractivity contribution in [3.8, 4) is 22.3 Å². The van der Waals surface area contributed by atoms with Crippen LogP contribution < -0.4 is 9.47 Å². The zero-order valence-corrected chi connectivity index (χ0v) is 14.6. The topological polar surface area (TPSA) is 74.5 Å². The number of thioether (sulfide) groups is 1. The predicted molar refractivity (Wildman–Crippen MR) is 92.2 cm³/mol. The van der Waals surface area contributed by atoms with Crippen LogP contribution in [0.4, 0.5) is 0 Å². The van der Waals surface area contributed by atoms with Crippen LogP contribution in [0.15, 0.2) is 45.4 Å². The fraction of sp³-hybridized carbons (Fsp3) is 0.188. The minimum atomic E-state index is -0.0876. The van der Waals surface area contributed by atoms with Gasteiger partial charge in [0.15, 0.2) is 5.78 Å². The second-order valence-electron chi connectivity index (χ2n) is 4.63. The number of aromatic nitrogens is 2. The molecular formula is C16H14N2O4S2. The Morgan fingerprint density at radius 3 is 2.83 bits per heavy atom. The molecule has 3 rings (SSSR count). The van der Waals surface area contributed by atoms with Crippen LogP contribution in [-0.4, -0.2) is 36.0 Å². The molecule has 0 spiro atoms. The van der Waals surface area contributed by atoms with Crippen molar-refractivity contribution < 1.29 is 18.7 Å². The highest BCUT2D eigenvalue weighted by molar-refractivity contribution is 7.99. The van der Waals surface area contributed by atoms with Crippen molar-refractivity contribution in [2.45, 2.75) is 5.22 Å². The van der Waals surface area contributed by atoms with Crippen LogP contribution in [0, 0.1) is 0 Å². The summed E-state index contributed by atoms with van der Waals surface area (Å²) in [6.07, 6.45) is 0. The first-order valence-corrected chi connectivity index (χ1v) is 8.83. The Labute approximate surface area is 146 Å². The van der Waals surface area contributed by atoms with Crippen LogP contribution in [0.25, 0.3) is 10.8 Å². The molecule has 0 radical (unpaired) electrons. The maximum atomic E-state index is 12.4. The van der Waals surface area contributed by atoms with Crippen molar-refractivity contribution in [3.05, 3.63) is 41.3 Å². The van der Waals surface area contributed by atoms with E-state index in [4.69, 9.17) is 13.9 Å². The second-order valence-corrected chi connectivity index (χ2v) is 6.50. The third-order valence-corrected chi connectivity index (χ3v) is 4.85. The van der Waals surface area contributed by atoms with E-state index in [1.165, 1.54) is 30.2 Å². The molecule has 0 saturated heterocycles. The number of carbonyl (C=O) groups excluding carboxylic acids is 1. The van der Waals surface area contributed by atoms with Crippen molar-refractivity contribution >= 4 is 28.9 Å². The smallest absolute Gasteiger partial charge is 0.277 e. The first-order valence-electron chi connectivity index (χ1n) is 6.96. The molecule has 0 aliphatic rings. The number of carbonyl (C=O) groups is 1. The summed E-state index contributed by atoms with van der Waals surface area (Å²) in [7, 11) is 3.08. The summed E-state index contributed by atoms with van der Waals surface area (Å²) in [6.45, 7) is 0. The van der Waals surface area contributed by atoms with E-state index in [-0.39, 0.29) is 11.5 Å². The van der Waals surface area contributed by atoms with Crippen LogP contribution in [-0.2, 0) is 0 Å². The molecule has 0 N–H and O–H groups in total. The lowest BCUT2D eigenvalue weighted by Crippen LogP contribution is -2.05. The molecule has 1 aromatic carbocycles. The van der Waals surface area contributed by atoms with Crippen LogP contribution in [0.2, 0.25) is 0 Å². The van der Waals surface area contributed by atoms with Gasteiger partial charge < -0.3 is 13.9 Å². The zero-order chi connectivity index (χ0) is 16.9. The van der Waals surface area contributed by atoms with E-state index >= 15 is 0 Å². The molecule has 24 heavy (non-hydrogen) atoms. The van der Waals surface area contributed by atoms with Crippen molar-refractivity contribution in [1.29, 1.82) is 0 Å². The van der Waals surface area contributed by atoms with Crippen LogP contribution in [0.5, 0.6) is 11.5 Å². The monoisotopic (exact) mass is 362 g/mol. The summed E-state index contributed by atoms with van der Waals surface area (Å²) >= 11 is 2.72. The van der Waals surface area contributed by atoms with Gasteiger partial charge in [0.1, 0.15) is 11.5 Å². The van der Waals surface area contributed by atoms with Crippen molar-refractivity contribution in [2.75, 3.05) is 20.0 Å². The number of thiophene rings is 1. The second kappa shape index (κ2) is 7.50. The normalized spacial score (nSPS) is 10.6. The van der Waals surface area contributed by atoms with E-state index in [2.05, 4.69) is 10.2 Å². The molecule has 8 heteroatoms. The molecule has 0 atom stereocenters. The third kappa shape index (κ3) is 3.60. The highest BCUT2D eigenvalue weighted by Crippen LogP contribution is 2.29. The van der Waals surface area contributed by atoms with E-state index in [9.17, 15) is 4.79 Å². The number of hydrogen-bond acceptors (Lipinski definition) is 8. The number of hydrogen-bond donors (Lipinski definition) is 0. The lowest BCUT2D eigenvalue weighted by atomic mass is 10.1. The Bertz CT molecular complexity index is 830. The third-order valence-electron chi connectivity index (χ3n) is 3.17. The summed E-state index contributed by atoms with van der Waals surface area (Å²) < 4.78 is 15.9. The maximum absolute atomic E-state index is 12.4. The van der Waals surface area contributed by atoms with Gasteiger partial charge in [-0.05, 0) is 23.6 Å². The minimum Gasteiger partial charge on any atom is -0.497 e. The number of ketones is 1. The average molecular weight is 362 g/mol. The summed E-state index contributed by atoms with van der Waals surface area (Å²) in [5.41, 5.74) is 0.490. The Balaban J connectivity index is 1.67. The summed E-state index contributed by atoms with van der Waals surface area (Å²) in [4.78, 5) is 13.3. The minimum absolute atomic E-state index is 0.0876. The lowest BCUT2D eigenvalue weighted by Gasteiger charge is -2.08. The molecule has 0 amide bonds. The largest absolute Gasteiger partial charge is 0.497 e. The number of rotatable bonds is 7. The van der Waals surface area contributed by atoms with E-state index in [1.807, 2.05) is 17.5 Å². The van der Waals surface area contributed by atoms with Crippen LogP contribution >= 0.6 is 23.1 Å².